The van der Waals surface area contributed by atoms with Gasteiger partial charge in [-0.2, -0.15) is 0 Å². The number of para-hydroxylation sites is 4. The number of fused-ring (bicyclic) bond motifs is 6. The van der Waals surface area contributed by atoms with Crippen LogP contribution in [0.2, 0.25) is 0 Å². The SMILES string of the molecule is Cc1cc(-n2c3ccccc3c3ccccc32)ccc1-c1cc(C)c(-c2cc(C)c(-c3ccc(-n4c5ccccc5c5ccccc54)cc3C)cc2C)cc1C. The normalized spacial score (nSPS) is 11.8. The van der Waals surface area contributed by atoms with Crippen LogP contribution in [0, 0.1) is 41.5 Å². The number of aromatic nitrogens is 2. The lowest BCUT2D eigenvalue weighted by Gasteiger charge is -2.19. The van der Waals surface area contributed by atoms with E-state index >= 15 is 0 Å². The van der Waals surface area contributed by atoms with E-state index in [0.29, 0.717) is 0 Å². The molecule has 2 heteroatoms. The number of benzene rings is 8. The summed E-state index contributed by atoms with van der Waals surface area (Å²) < 4.78 is 4.80. The molecule has 0 unspecified atom stereocenters. The molecule has 0 radical (unpaired) electrons. The first-order chi connectivity index (χ1) is 27.3. The molecule has 8 aromatic carbocycles. The minimum atomic E-state index is 1.19. The van der Waals surface area contributed by atoms with Crippen LogP contribution in [0.25, 0.3) is 88.4 Å². The monoisotopic (exact) mass is 720 g/mol. The first-order valence-corrected chi connectivity index (χ1v) is 19.7. The Bertz CT molecular complexity index is 2880. The van der Waals surface area contributed by atoms with E-state index in [1.165, 1.54) is 122 Å². The van der Waals surface area contributed by atoms with Crippen LogP contribution < -0.4 is 0 Å². The third-order valence-electron chi connectivity index (χ3n) is 12.1. The highest BCUT2D eigenvalue weighted by molar-refractivity contribution is 6.10. The van der Waals surface area contributed by atoms with Crippen molar-refractivity contribution < 1.29 is 0 Å². The highest BCUT2D eigenvalue weighted by Crippen LogP contribution is 2.40. The van der Waals surface area contributed by atoms with Crippen LogP contribution in [0.3, 0.4) is 0 Å². The second kappa shape index (κ2) is 13.0. The Morgan fingerprint density at radius 3 is 0.786 bits per heavy atom. The average molecular weight is 721 g/mol. The molecule has 10 rings (SSSR count). The van der Waals surface area contributed by atoms with Crippen LogP contribution >= 0.6 is 0 Å². The molecular weight excluding hydrogens is 677 g/mol. The number of aryl methyl sites for hydroxylation is 6. The third-order valence-corrected chi connectivity index (χ3v) is 12.1. The second-order valence-electron chi connectivity index (χ2n) is 15.7. The summed E-state index contributed by atoms with van der Waals surface area (Å²) in [4.78, 5) is 0. The summed E-state index contributed by atoms with van der Waals surface area (Å²) in [5.74, 6) is 0. The third kappa shape index (κ3) is 5.24. The lowest BCUT2D eigenvalue weighted by molar-refractivity contribution is 1.17. The molecule has 0 fully saturated rings. The van der Waals surface area contributed by atoms with Gasteiger partial charge in [0.2, 0.25) is 0 Å². The van der Waals surface area contributed by atoms with Crippen molar-refractivity contribution >= 4 is 43.6 Å². The van der Waals surface area contributed by atoms with Crippen LogP contribution in [-0.2, 0) is 0 Å². The zero-order chi connectivity index (χ0) is 38.2. The van der Waals surface area contributed by atoms with E-state index in [2.05, 4.69) is 208 Å². The molecule has 0 bridgehead atoms. The molecule has 2 aromatic heterocycles. The maximum atomic E-state index is 2.40. The van der Waals surface area contributed by atoms with Crippen molar-refractivity contribution in [1.29, 1.82) is 0 Å². The van der Waals surface area contributed by atoms with Gasteiger partial charge in [-0.3, -0.25) is 0 Å². The predicted octanol–water partition coefficient (Wildman–Crippen LogP) is 14.7. The quantitative estimate of drug-likeness (QED) is 0.168. The minimum Gasteiger partial charge on any atom is -0.309 e. The van der Waals surface area contributed by atoms with Crippen molar-refractivity contribution in [1.82, 2.24) is 9.13 Å². The van der Waals surface area contributed by atoms with Gasteiger partial charge >= 0.3 is 0 Å². The first kappa shape index (κ1) is 33.9. The van der Waals surface area contributed by atoms with Crippen LogP contribution in [0.4, 0.5) is 0 Å². The number of hydrogen-bond donors (Lipinski definition) is 0. The molecule has 2 heterocycles. The molecular formula is C54H44N2. The Morgan fingerprint density at radius 1 is 0.250 bits per heavy atom. The van der Waals surface area contributed by atoms with Crippen molar-refractivity contribution in [2.45, 2.75) is 41.5 Å². The molecule has 0 amide bonds. The molecule has 0 aliphatic carbocycles. The van der Waals surface area contributed by atoms with Crippen molar-refractivity contribution in [3.63, 3.8) is 0 Å². The average Bonchev–Trinajstić information content (AvgIpc) is 3.73. The van der Waals surface area contributed by atoms with Gasteiger partial charge in [-0.1, -0.05) is 109 Å². The Kier molecular flexibility index (Phi) is 7.87. The van der Waals surface area contributed by atoms with Gasteiger partial charge in [0, 0.05) is 32.9 Å². The van der Waals surface area contributed by atoms with Crippen molar-refractivity contribution in [3.8, 4) is 44.8 Å². The zero-order valence-corrected chi connectivity index (χ0v) is 32.9. The van der Waals surface area contributed by atoms with Crippen LogP contribution in [0.15, 0.2) is 158 Å². The fourth-order valence-electron chi connectivity index (χ4n) is 9.37. The van der Waals surface area contributed by atoms with Gasteiger partial charge in [0.15, 0.2) is 0 Å². The number of rotatable bonds is 5. The van der Waals surface area contributed by atoms with Gasteiger partial charge in [-0.15, -0.1) is 0 Å². The molecule has 0 aliphatic heterocycles. The highest BCUT2D eigenvalue weighted by Gasteiger charge is 2.18. The van der Waals surface area contributed by atoms with Crippen LogP contribution in [0.1, 0.15) is 33.4 Å². The molecule has 0 N–H and O–H groups in total. The summed E-state index contributed by atoms with van der Waals surface area (Å²) in [6.45, 7) is 13.5. The number of hydrogen-bond acceptors (Lipinski definition) is 0. The van der Waals surface area contributed by atoms with E-state index in [0.717, 1.165) is 0 Å². The zero-order valence-electron chi connectivity index (χ0n) is 32.9. The van der Waals surface area contributed by atoms with E-state index in [1.807, 2.05) is 0 Å². The molecule has 10 aromatic rings. The molecule has 0 saturated carbocycles. The van der Waals surface area contributed by atoms with Crippen LogP contribution in [-0.4, -0.2) is 9.13 Å². The molecule has 270 valence electrons. The predicted molar refractivity (Wildman–Crippen MR) is 240 cm³/mol. The molecule has 0 aliphatic rings. The summed E-state index contributed by atoms with van der Waals surface area (Å²) in [6, 6.07) is 58.4. The first-order valence-electron chi connectivity index (χ1n) is 19.7. The second-order valence-corrected chi connectivity index (χ2v) is 15.7. The summed E-state index contributed by atoms with van der Waals surface area (Å²) in [5, 5.41) is 5.14. The maximum absolute atomic E-state index is 2.40. The van der Waals surface area contributed by atoms with Gasteiger partial charge in [-0.05, 0) is 157 Å². The Labute approximate surface area is 328 Å². The van der Waals surface area contributed by atoms with Crippen molar-refractivity contribution in [2.24, 2.45) is 0 Å². The van der Waals surface area contributed by atoms with Crippen molar-refractivity contribution in [3.05, 3.63) is 191 Å². The van der Waals surface area contributed by atoms with E-state index in [9.17, 15) is 0 Å². The maximum Gasteiger partial charge on any atom is 0.0541 e. The fraction of sp³-hybridized carbons (Fsp3) is 0.111. The molecule has 0 saturated heterocycles. The smallest absolute Gasteiger partial charge is 0.0541 e. The standard InChI is InChI=1S/C54H44N2/c1-33-27-39(55-51-19-11-7-15-43(51)44-16-8-12-20-52(44)55)23-25-41(33)47-29-37(5)49(31-35(47)3)50-32-36(4)48(30-38(50)6)42-26-24-40(28-34(42)2)56-53-21-13-9-17-45(53)46-18-10-14-22-54(46)56/h7-32H,1-6H3. The largest absolute Gasteiger partial charge is 0.309 e. The highest BCUT2D eigenvalue weighted by atomic mass is 15.0. The molecule has 2 nitrogen and oxygen atoms in total. The summed E-state index contributed by atoms with van der Waals surface area (Å²) >= 11 is 0. The summed E-state index contributed by atoms with van der Waals surface area (Å²) in [5.41, 5.74) is 22.8. The fourth-order valence-corrected chi connectivity index (χ4v) is 9.37. The van der Waals surface area contributed by atoms with Crippen molar-refractivity contribution in [2.75, 3.05) is 0 Å². The topological polar surface area (TPSA) is 9.86 Å². The van der Waals surface area contributed by atoms with E-state index < -0.39 is 0 Å². The lowest BCUT2D eigenvalue weighted by atomic mass is 9.86. The van der Waals surface area contributed by atoms with Gasteiger partial charge < -0.3 is 9.13 Å². The van der Waals surface area contributed by atoms with E-state index in [4.69, 9.17) is 0 Å². The Hall–Kier alpha value is -6.64. The summed E-state index contributed by atoms with van der Waals surface area (Å²) in [6.07, 6.45) is 0. The number of nitrogens with zero attached hydrogens (tertiary/aromatic N) is 2. The van der Waals surface area contributed by atoms with E-state index in [1.54, 1.807) is 0 Å². The summed E-state index contributed by atoms with van der Waals surface area (Å²) in [7, 11) is 0. The Morgan fingerprint density at radius 2 is 0.500 bits per heavy atom. The molecule has 0 atom stereocenters. The van der Waals surface area contributed by atoms with Gasteiger partial charge in [0.05, 0.1) is 22.1 Å². The molecule has 0 spiro atoms. The minimum absolute atomic E-state index is 1.19. The van der Waals surface area contributed by atoms with E-state index in [-0.39, 0.29) is 0 Å². The van der Waals surface area contributed by atoms with Gasteiger partial charge in [0.1, 0.15) is 0 Å². The van der Waals surface area contributed by atoms with Crippen LogP contribution in [0.5, 0.6) is 0 Å². The lowest BCUT2D eigenvalue weighted by Crippen LogP contribution is -1.98. The van der Waals surface area contributed by atoms with Gasteiger partial charge in [-0.25, -0.2) is 0 Å². The van der Waals surface area contributed by atoms with Gasteiger partial charge in [0.25, 0.3) is 0 Å². The molecule has 56 heavy (non-hydrogen) atoms. The Balaban J connectivity index is 0.991.